The zero-order chi connectivity index (χ0) is 15.7. The van der Waals surface area contributed by atoms with Crippen molar-refractivity contribution < 1.29 is 19.4 Å². The van der Waals surface area contributed by atoms with E-state index in [2.05, 4.69) is 11.9 Å². The maximum absolute atomic E-state index is 11.8. The summed E-state index contributed by atoms with van der Waals surface area (Å²) >= 11 is 5.77. The second kappa shape index (κ2) is 9.15. The van der Waals surface area contributed by atoms with E-state index in [1.807, 2.05) is 12.1 Å². The summed E-state index contributed by atoms with van der Waals surface area (Å²) in [6.45, 7) is 3.61. The maximum atomic E-state index is 11.8. The van der Waals surface area contributed by atoms with Gasteiger partial charge in [0.15, 0.2) is 6.04 Å². The maximum Gasteiger partial charge on any atom is 0.328 e. The normalized spacial score (nSPS) is 11.7. The molecule has 5 nitrogen and oxygen atoms in total. The molecule has 114 valence electrons. The molecule has 0 aliphatic rings. The van der Waals surface area contributed by atoms with Crippen LogP contribution in [0.3, 0.4) is 0 Å². The van der Waals surface area contributed by atoms with Crippen LogP contribution in [-0.2, 0) is 20.7 Å². The van der Waals surface area contributed by atoms with Crippen LogP contribution in [0.2, 0.25) is 5.02 Å². The Labute approximate surface area is 128 Å². The van der Waals surface area contributed by atoms with E-state index >= 15 is 0 Å². The number of aliphatic carboxylic acids is 1. The van der Waals surface area contributed by atoms with E-state index in [1.165, 1.54) is 6.08 Å². The third-order valence-electron chi connectivity index (χ3n) is 2.71. The minimum absolute atomic E-state index is 0.0892. The second-order valence-corrected chi connectivity index (χ2v) is 4.85. The van der Waals surface area contributed by atoms with Gasteiger partial charge in [0, 0.05) is 11.4 Å². The number of aryl methyl sites for hydroxylation is 1. The number of amides is 1. The molecule has 0 aromatic heterocycles. The zero-order valence-electron chi connectivity index (χ0n) is 11.5. The first-order valence-corrected chi connectivity index (χ1v) is 6.86. The van der Waals surface area contributed by atoms with Crippen LogP contribution in [0, 0.1) is 0 Å². The third-order valence-corrected chi connectivity index (χ3v) is 2.96. The molecule has 1 amide bonds. The van der Waals surface area contributed by atoms with Gasteiger partial charge in [-0.05, 0) is 24.1 Å². The predicted octanol–water partition coefficient (Wildman–Crippen LogP) is 2.04. The summed E-state index contributed by atoms with van der Waals surface area (Å²) in [4.78, 5) is 22.8. The third kappa shape index (κ3) is 6.92. The molecule has 0 heterocycles. The van der Waals surface area contributed by atoms with Crippen LogP contribution in [0.15, 0.2) is 36.9 Å². The predicted molar refractivity (Wildman–Crippen MR) is 80.4 cm³/mol. The Kier molecular flexibility index (Phi) is 7.50. The van der Waals surface area contributed by atoms with Gasteiger partial charge in [-0.15, -0.1) is 6.58 Å². The number of rotatable bonds is 9. The number of carboxylic acid groups (broad SMARTS) is 1. The summed E-state index contributed by atoms with van der Waals surface area (Å²) in [5.41, 5.74) is 0.962. The van der Waals surface area contributed by atoms with E-state index in [0.717, 1.165) is 5.56 Å². The van der Waals surface area contributed by atoms with Crippen molar-refractivity contribution in [3.63, 3.8) is 0 Å². The van der Waals surface area contributed by atoms with Crippen LogP contribution in [0.5, 0.6) is 0 Å². The molecule has 0 spiro atoms. The fourth-order valence-corrected chi connectivity index (χ4v) is 1.75. The molecule has 2 N–H and O–H groups in total. The summed E-state index contributed by atoms with van der Waals surface area (Å²) in [6.07, 6.45) is 2.23. The number of nitrogens with one attached hydrogen (secondary N) is 1. The lowest BCUT2D eigenvalue weighted by molar-refractivity contribution is -0.143. The molecule has 1 unspecified atom stereocenters. The number of hydrogen-bond donors (Lipinski definition) is 2. The largest absolute Gasteiger partial charge is 0.480 e. The Bertz CT molecular complexity index is 487. The van der Waals surface area contributed by atoms with Gasteiger partial charge in [0.1, 0.15) is 0 Å². The van der Waals surface area contributed by atoms with E-state index in [4.69, 9.17) is 21.4 Å². The molecule has 0 saturated carbocycles. The van der Waals surface area contributed by atoms with Crippen LogP contribution < -0.4 is 5.32 Å². The number of benzene rings is 1. The molecule has 6 heteroatoms. The molecule has 0 saturated heterocycles. The van der Waals surface area contributed by atoms with Crippen LogP contribution in [0.4, 0.5) is 0 Å². The minimum Gasteiger partial charge on any atom is -0.480 e. The van der Waals surface area contributed by atoms with E-state index in [1.54, 1.807) is 12.1 Å². The average molecular weight is 312 g/mol. The van der Waals surface area contributed by atoms with Gasteiger partial charge in [0.05, 0.1) is 13.2 Å². The Morgan fingerprint density at radius 2 is 2.05 bits per heavy atom. The van der Waals surface area contributed by atoms with E-state index in [0.29, 0.717) is 11.4 Å². The van der Waals surface area contributed by atoms with Crippen LogP contribution in [0.1, 0.15) is 12.0 Å². The molecular weight excluding hydrogens is 294 g/mol. The summed E-state index contributed by atoms with van der Waals surface area (Å²) < 4.78 is 5.05. The van der Waals surface area contributed by atoms with Crippen LogP contribution >= 0.6 is 11.6 Å². The van der Waals surface area contributed by atoms with Crippen LogP contribution in [-0.4, -0.2) is 36.2 Å². The number of carbonyl (C=O) groups excluding carboxylic acids is 1. The van der Waals surface area contributed by atoms with E-state index in [9.17, 15) is 9.59 Å². The lowest BCUT2D eigenvalue weighted by Gasteiger charge is -2.14. The van der Waals surface area contributed by atoms with E-state index < -0.39 is 12.0 Å². The van der Waals surface area contributed by atoms with Crippen molar-refractivity contribution in [1.82, 2.24) is 5.32 Å². The van der Waals surface area contributed by atoms with Gasteiger partial charge in [-0.25, -0.2) is 4.79 Å². The highest BCUT2D eigenvalue weighted by molar-refractivity contribution is 6.30. The van der Waals surface area contributed by atoms with Crippen molar-refractivity contribution in [1.29, 1.82) is 0 Å². The molecule has 1 aromatic rings. The van der Waals surface area contributed by atoms with Crippen LogP contribution in [0.25, 0.3) is 0 Å². The molecule has 21 heavy (non-hydrogen) atoms. The van der Waals surface area contributed by atoms with Crippen molar-refractivity contribution in [3.05, 3.63) is 47.5 Å². The molecule has 1 rings (SSSR count). The summed E-state index contributed by atoms with van der Waals surface area (Å²) in [6, 6.07) is 6.10. The second-order valence-electron chi connectivity index (χ2n) is 4.41. The Hall–Kier alpha value is -1.85. The molecule has 0 aliphatic carbocycles. The summed E-state index contributed by atoms with van der Waals surface area (Å²) in [5, 5.41) is 12.1. The molecule has 1 atom stereocenters. The highest BCUT2D eigenvalue weighted by Crippen LogP contribution is 2.10. The van der Waals surface area contributed by atoms with Gasteiger partial charge in [-0.1, -0.05) is 29.8 Å². The van der Waals surface area contributed by atoms with Crippen molar-refractivity contribution in [2.45, 2.75) is 18.9 Å². The molecule has 0 aliphatic heterocycles. The SMILES string of the molecule is C=CCOCC(NC(=O)CCc1ccc(Cl)cc1)C(=O)O. The standard InChI is InChI=1S/C15H18ClNO4/c1-2-9-21-10-13(15(19)20)17-14(18)8-5-11-3-6-12(16)7-4-11/h2-4,6-7,13H,1,5,8-10H2,(H,17,18)(H,19,20). The molecule has 0 bridgehead atoms. The highest BCUT2D eigenvalue weighted by Gasteiger charge is 2.19. The smallest absolute Gasteiger partial charge is 0.328 e. The highest BCUT2D eigenvalue weighted by atomic mass is 35.5. The van der Waals surface area contributed by atoms with Crippen molar-refractivity contribution in [3.8, 4) is 0 Å². The van der Waals surface area contributed by atoms with Crippen molar-refractivity contribution in [2.75, 3.05) is 13.2 Å². The van der Waals surface area contributed by atoms with Gasteiger partial charge in [-0.3, -0.25) is 4.79 Å². The summed E-state index contributed by atoms with van der Waals surface area (Å²) in [7, 11) is 0. The van der Waals surface area contributed by atoms with Gasteiger partial charge < -0.3 is 15.2 Å². The first kappa shape index (κ1) is 17.2. The minimum atomic E-state index is -1.13. The molecular formula is C15H18ClNO4. The van der Waals surface area contributed by atoms with Gasteiger partial charge in [0.25, 0.3) is 0 Å². The Morgan fingerprint density at radius 1 is 1.38 bits per heavy atom. The monoisotopic (exact) mass is 311 g/mol. The van der Waals surface area contributed by atoms with Crippen molar-refractivity contribution >= 4 is 23.5 Å². The van der Waals surface area contributed by atoms with Gasteiger partial charge in [0.2, 0.25) is 5.91 Å². The molecule has 1 aromatic carbocycles. The number of halogens is 1. The number of hydrogen-bond acceptors (Lipinski definition) is 3. The van der Waals surface area contributed by atoms with Gasteiger partial charge in [-0.2, -0.15) is 0 Å². The summed E-state index contributed by atoms with van der Waals surface area (Å²) in [5.74, 6) is -1.46. The molecule has 0 radical (unpaired) electrons. The fourth-order valence-electron chi connectivity index (χ4n) is 1.62. The topological polar surface area (TPSA) is 75.6 Å². The fraction of sp³-hybridized carbons (Fsp3) is 0.333. The lowest BCUT2D eigenvalue weighted by Crippen LogP contribution is -2.44. The quantitative estimate of drug-likeness (QED) is 0.540. The van der Waals surface area contributed by atoms with Crippen molar-refractivity contribution in [2.24, 2.45) is 0 Å². The Morgan fingerprint density at radius 3 is 2.62 bits per heavy atom. The molecule has 0 fully saturated rings. The number of carbonyl (C=O) groups is 2. The number of ether oxygens (including phenoxy) is 1. The first-order chi connectivity index (χ1) is 10.0. The Balaban J connectivity index is 2.40. The first-order valence-electron chi connectivity index (χ1n) is 6.48. The lowest BCUT2D eigenvalue weighted by atomic mass is 10.1. The zero-order valence-corrected chi connectivity index (χ0v) is 12.3. The van der Waals surface area contributed by atoms with E-state index in [-0.39, 0.29) is 25.5 Å². The average Bonchev–Trinajstić information content (AvgIpc) is 2.45. The van der Waals surface area contributed by atoms with Gasteiger partial charge >= 0.3 is 5.97 Å². The number of carboxylic acids is 1.